The molecular formula is C13H13N5O2. The molecule has 0 aliphatic rings. The normalized spacial score (nSPS) is 10.7. The molecule has 0 spiro atoms. The molecule has 102 valence electrons. The van der Waals surface area contributed by atoms with Crippen LogP contribution in [0.2, 0.25) is 0 Å². The Hall–Kier alpha value is -2.83. The van der Waals surface area contributed by atoms with E-state index in [1.54, 1.807) is 7.11 Å². The van der Waals surface area contributed by atoms with Crippen LogP contribution in [0, 0.1) is 0 Å². The second-order valence-corrected chi connectivity index (χ2v) is 4.25. The largest absolute Gasteiger partial charge is 0.497 e. The average Bonchev–Trinajstić information content (AvgIpc) is 2.94. The van der Waals surface area contributed by atoms with E-state index < -0.39 is 0 Å². The molecule has 0 aliphatic carbocycles. The first kappa shape index (κ1) is 12.2. The number of aromatic amines is 2. The van der Waals surface area contributed by atoms with E-state index in [1.165, 1.54) is 6.20 Å². The number of hydrogen-bond acceptors (Lipinski definition) is 5. The lowest BCUT2D eigenvalue weighted by Crippen LogP contribution is -2.12. The third-order valence-corrected chi connectivity index (χ3v) is 2.94. The summed E-state index contributed by atoms with van der Waals surface area (Å²) in [5.74, 6) is 1.21. The predicted molar refractivity (Wildman–Crippen MR) is 74.8 cm³/mol. The minimum atomic E-state index is -0.221. The summed E-state index contributed by atoms with van der Waals surface area (Å²) in [5, 5.41) is 9.98. The van der Waals surface area contributed by atoms with Crippen LogP contribution in [0.25, 0.3) is 11.0 Å². The fraction of sp³-hybridized carbons (Fsp3) is 0.154. The zero-order valence-electron chi connectivity index (χ0n) is 10.8. The molecule has 2 heterocycles. The Bertz CT molecular complexity index is 775. The molecule has 0 saturated carbocycles. The highest BCUT2D eigenvalue weighted by molar-refractivity contribution is 5.73. The summed E-state index contributed by atoms with van der Waals surface area (Å²) in [6.45, 7) is 0.548. The van der Waals surface area contributed by atoms with Gasteiger partial charge in [0, 0.05) is 6.54 Å². The summed E-state index contributed by atoms with van der Waals surface area (Å²) in [7, 11) is 1.63. The highest BCUT2D eigenvalue weighted by Gasteiger charge is 2.05. The molecule has 0 fully saturated rings. The van der Waals surface area contributed by atoms with Crippen LogP contribution in [0.15, 0.2) is 35.3 Å². The minimum Gasteiger partial charge on any atom is -0.497 e. The van der Waals surface area contributed by atoms with Crippen LogP contribution in [0.3, 0.4) is 0 Å². The van der Waals surface area contributed by atoms with Crippen molar-refractivity contribution in [3.63, 3.8) is 0 Å². The van der Waals surface area contributed by atoms with Gasteiger partial charge in [-0.1, -0.05) is 12.1 Å². The first-order valence-electron chi connectivity index (χ1n) is 6.06. The van der Waals surface area contributed by atoms with Gasteiger partial charge in [-0.25, -0.2) is 0 Å². The molecule has 0 aliphatic heterocycles. The van der Waals surface area contributed by atoms with E-state index >= 15 is 0 Å². The molecule has 0 atom stereocenters. The lowest BCUT2D eigenvalue weighted by molar-refractivity contribution is 0.414. The molecule has 20 heavy (non-hydrogen) atoms. The van der Waals surface area contributed by atoms with E-state index in [0.717, 1.165) is 11.3 Å². The first-order chi connectivity index (χ1) is 9.76. The summed E-state index contributed by atoms with van der Waals surface area (Å²) in [5.41, 5.74) is 1.30. The molecule has 7 heteroatoms. The quantitative estimate of drug-likeness (QED) is 0.664. The number of benzene rings is 1. The third-order valence-electron chi connectivity index (χ3n) is 2.94. The Kier molecular flexibility index (Phi) is 3.08. The SMILES string of the molecule is COc1ccc(CNc2nc3[nH]ncc3c(=O)[nH]2)cc1. The van der Waals surface area contributed by atoms with Crippen molar-refractivity contribution in [3.8, 4) is 5.75 Å². The molecule has 3 N–H and O–H groups in total. The second kappa shape index (κ2) is 5.04. The van der Waals surface area contributed by atoms with Crippen LogP contribution in [0.1, 0.15) is 5.56 Å². The summed E-state index contributed by atoms with van der Waals surface area (Å²) < 4.78 is 5.10. The average molecular weight is 271 g/mol. The molecule has 0 saturated heterocycles. The van der Waals surface area contributed by atoms with E-state index in [2.05, 4.69) is 25.5 Å². The maximum Gasteiger partial charge on any atom is 0.263 e. The maximum absolute atomic E-state index is 11.7. The molecule has 3 rings (SSSR count). The summed E-state index contributed by atoms with van der Waals surface area (Å²) in [4.78, 5) is 18.6. The topological polar surface area (TPSA) is 95.7 Å². The van der Waals surface area contributed by atoms with Crippen LogP contribution in [0.4, 0.5) is 5.95 Å². The van der Waals surface area contributed by atoms with Crippen molar-refractivity contribution in [2.75, 3.05) is 12.4 Å². The van der Waals surface area contributed by atoms with Gasteiger partial charge in [-0.05, 0) is 17.7 Å². The zero-order valence-corrected chi connectivity index (χ0v) is 10.8. The van der Waals surface area contributed by atoms with Gasteiger partial charge in [-0.2, -0.15) is 10.1 Å². The number of rotatable bonds is 4. The van der Waals surface area contributed by atoms with Crippen molar-refractivity contribution in [2.45, 2.75) is 6.54 Å². The van der Waals surface area contributed by atoms with E-state index in [4.69, 9.17) is 4.74 Å². The molecule has 0 radical (unpaired) electrons. The fourth-order valence-electron chi connectivity index (χ4n) is 1.86. The van der Waals surface area contributed by atoms with Gasteiger partial charge in [0.1, 0.15) is 11.1 Å². The van der Waals surface area contributed by atoms with Gasteiger partial charge in [0.05, 0.1) is 13.3 Å². The van der Waals surface area contributed by atoms with Crippen molar-refractivity contribution in [1.29, 1.82) is 0 Å². The van der Waals surface area contributed by atoms with E-state index in [0.29, 0.717) is 23.5 Å². The fourth-order valence-corrected chi connectivity index (χ4v) is 1.86. The highest BCUT2D eigenvalue weighted by atomic mass is 16.5. The van der Waals surface area contributed by atoms with Crippen molar-refractivity contribution in [2.24, 2.45) is 0 Å². The van der Waals surface area contributed by atoms with E-state index in [9.17, 15) is 4.79 Å². The number of methoxy groups -OCH3 is 1. The predicted octanol–water partition coefficient (Wildman–Crippen LogP) is 1.27. The molecule has 7 nitrogen and oxygen atoms in total. The number of H-pyrrole nitrogens is 2. The van der Waals surface area contributed by atoms with Gasteiger partial charge in [-0.15, -0.1) is 0 Å². The number of hydrogen-bond donors (Lipinski definition) is 3. The van der Waals surface area contributed by atoms with Crippen molar-refractivity contribution in [1.82, 2.24) is 20.2 Å². The Balaban J connectivity index is 1.77. The van der Waals surface area contributed by atoms with Gasteiger partial charge in [0.15, 0.2) is 5.65 Å². The van der Waals surface area contributed by atoms with E-state index in [-0.39, 0.29) is 5.56 Å². The lowest BCUT2D eigenvalue weighted by atomic mass is 10.2. The highest BCUT2D eigenvalue weighted by Crippen LogP contribution is 2.12. The number of fused-ring (bicyclic) bond motifs is 1. The zero-order chi connectivity index (χ0) is 13.9. The number of anilines is 1. The summed E-state index contributed by atoms with van der Waals surface area (Å²) in [6.07, 6.45) is 1.45. The number of nitrogens with zero attached hydrogens (tertiary/aromatic N) is 2. The first-order valence-corrected chi connectivity index (χ1v) is 6.06. The number of aromatic nitrogens is 4. The third kappa shape index (κ3) is 2.33. The van der Waals surface area contributed by atoms with Crippen LogP contribution >= 0.6 is 0 Å². The van der Waals surface area contributed by atoms with E-state index in [1.807, 2.05) is 24.3 Å². The van der Waals surface area contributed by atoms with Crippen LogP contribution < -0.4 is 15.6 Å². The summed E-state index contributed by atoms with van der Waals surface area (Å²) in [6, 6.07) is 7.65. The van der Waals surface area contributed by atoms with Crippen LogP contribution in [-0.2, 0) is 6.54 Å². The van der Waals surface area contributed by atoms with Crippen molar-refractivity contribution >= 4 is 17.0 Å². The monoisotopic (exact) mass is 271 g/mol. The van der Waals surface area contributed by atoms with Gasteiger partial charge in [0.2, 0.25) is 5.95 Å². The van der Waals surface area contributed by atoms with Gasteiger partial charge < -0.3 is 10.1 Å². The van der Waals surface area contributed by atoms with Crippen molar-refractivity contribution < 1.29 is 4.74 Å². The van der Waals surface area contributed by atoms with Gasteiger partial charge in [-0.3, -0.25) is 14.9 Å². The Morgan fingerprint density at radius 3 is 2.85 bits per heavy atom. The Morgan fingerprint density at radius 2 is 2.10 bits per heavy atom. The molecule has 1 aromatic carbocycles. The van der Waals surface area contributed by atoms with Crippen LogP contribution in [0.5, 0.6) is 5.75 Å². The smallest absolute Gasteiger partial charge is 0.263 e. The van der Waals surface area contributed by atoms with Crippen LogP contribution in [-0.4, -0.2) is 27.3 Å². The number of nitrogens with one attached hydrogen (secondary N) is 3. The second-order valence-electron chi connectivity index (χ2n) is 4.25. The van der Waals surface area contributed by atoms with Gasteiger partial charge in [0.25, 0.3) is 5.56 Å². The Labute approximate surface area is 114 Å². The Morgan fingerprint density at radius 1 is 1.30 bits per heavy atom. The molecule has 3 aromatic rings. The lowest BCUT2D eigenvalue weighted by Gasteiger charge is -2.06. The summed E-state index contributed by atoms with van der Waals surface area (Å²) >= 11 is 0. The molecule has 0 unspecified atom stereocenters. The molecule has 0 amide bonds. The maximum atomic E-state index is 11.7. The standard InChI is InChI=1S/C13H13N5O2/c1-20-9-4-2-8(3-5-9)6-14-13-16-11-10(7-15-18-11)12(19)17-13/h2-5,7H,6H2,1H3,(H3,14,15,16,17,18,19). The van der Waals surface area contributed by atoms with Gasteiger partial charge >= 0.3 is 0 Å². The molecule has 2 aromatic heterocycles. The minimum absolute atomic E-state index is 0.221. The molecule has 0 bridgehead atoms. The molecular weight excluding hydrogens is 258 g/mol. The number of ether oxygens (including phenoxy) is 1. The van der Waals surface area contributed by atoms with Crippen molar-refractivity contribution in [3.05, 3.63) is 46.4 Å².